The molecule has 4 atom stereocenters. The van der Waals surface area contributed by atoms with Gasteiger partial charge in [-0.05, 0) is 61.8 Å². The number of aliphatic carboxylic acids is 3. The molecule has 3 aliphatic rings. The number of carbonyl (C=O) groups excluding carboxylic acids is 4. The summed E-state index contributed by atoms with van der Waals surface area (Å²) in [7, 11) is 0. The fourth-order valence-electron chi connectivity index (χ4n) is 9.76. The second kappa shape index (κ2) is 24.2. The minimum Gasteiger partial charge on any atom is -0.480 e. The van der Waals surface area contributed by atoms with Crippen molar-refractivity contribution in [1.29, 1.82) is 5.26 Å². The first-order valence-electron chi connectivity index (χ1n) is 23.3. The maximum absolute atomic E-state index is 13.8. The number of rotatable bonds is 22. The molecular formula is C48H59F2N9O11. The molecule has 8 N–H and O–H groups in total. The number of aliphatic hydroxyl groups excluding tert-OH is 1. The largest absolute Gasteiger partial charge is 0.480 e. The Bertz CT molecular complexity index is 2410. The summed E-state index contributed by atoms with van der Waals surface area (Å²) in [5.41, 5.74) is 2.47. The summed E-state index contributed by atoms with van der Waals surface area (Å²) in [6.45, 7) is -2.43. The predicted molar refractivity (Wildman–Crippen MR) is 247 cm³/mol. The summed E-state index contributed by atoms with van der Waals surface area (Å²) in [6.07, 6.45) is 4.27. The summed E-state index contributed by atoms with van der Waals surface area (Å²) in [5.74, 6) is -8.28. The van der Waals surface area contributed by atoms with Gasteiger partial charge < -0.3 is 41.3 Å². The van der Waals surface area contributed by atoms with Crippen molar-refractivity contribution < 1.29 is 62.8 Å². The van der Waals surface area contributed by atoms with Crippen molar-refractivity contribution in [3.05, 3.63) is 71.4 Å². The molecule has 4 amide bonds. The van der Waals surface area contributed by atoms with Gasteiger partial charge in [-0.1, -0.05) is 49.2 Å². The standard InChI is InChI=1S/C48H59F2N9O11/c49-48(50)21-33(22-51)59(28-48)42(63)23-53-47(70)35-18-19-52-46-34(35)4-3-5-36(46)56-40(61)17-16-39(60)54-31-12-14-32(15-13-31)55-41(62)20-29-8-10-30(11-9-29)24-57(25-43(64)65)37-6-1-2-7-38(37)58(26-44(66)67)27-45(68)69/h3-5,8-11,18-19,31-33,37-38,47,53,70H,1-2,6-7,12-17,20-21,23-28H2,(H,54,60)(H,55,62)(H,56,61)(H,64,65)(H,66,67)(H,68,69)/t31?,32?,33-,37?,38?,47?/m0/s1. The van der Waals surface area contributed by atoms with E-state index in [4.69, 9.17) is 0 Å². The van der Waals surface area contributed by atoms with E-state index in [2.05, 4.69) is 26.3 Å². The highest BCUT2D eigenvalue weighted by atomic mass is 19.3. The van der Waals surface area contributed by atoms with Crippen molar-refractivity contribution in [3.8, 4) is 6.07 Å². The number of amides is 4. The summed E-state index contributed by atoms with van der Waals surface area (Å²) in [5, 5.41) is 60.7. The van der Waals surface area contributed by atoms with E-state index in [1.165, 1.54) is 17.2 Å². The highest BCUT2D eigenvalue weighted by molar-refractivity contribution is 6.02. The Morgan fingerprint density at radius 1 is 0.771 bits per heavy atom. The minimum absolute atomic E-state index is 0.0894. The highest BCUT2D eigenvalue weighted by Crippen LogP contribution is 2.33. The zero-order chi connectivity index (χ0) is 50.5. The number of pyridine rings is 1. The van der Waals surface area contributed by atoms with Crippen LogP contribution in [0.15, 0.2) is 54.7 Å². The second-order valence-electron chi connectivity index (χ2n) is 18.2. The van der Waals surface area contributed by atoms with Gasteiger partial charge in [0.2, 0.25) is 23.6 Å². The van der Waals surface area contributed by atoms with Crippen LogP contribution in [-0.4, -0.2) is 151 Å². The molecule has 22 heteroatoms. The molecule has 0 spiro atoms. The van der Waals surface area contributed by atoms with Crippen LogP contribution in [0.2, 0.25) is 0 Å². The van der Waals surface area contributed by atoms with Gasteiger partial charge in [-0.15, -0.1) is 0 Å². The Labute approximate surface area is 402 Å². The fourth-order valence-corrected chi connectivity index (χ4v) is 9.76. The third kappa shape index (κ3) is 14.9. The van der Waals surface area contributed by atoms with Gasteiger partial charge in [-0.2, -0.15) is 5.26 Å². The maximum Gasteiger partial charge on any atom is 0.317 e. The van der Waals surface area contributed by atoms with Gasteiger partial charge in [0, 0.05) is 67.1 Å². The van der Waals surface area contributed by atoms with Crippen LogP contribution in [0.4, 0.5) is 14.5 Å². The molecule has 3 unspecified atom stereocenters. The van der Waals surface area contributed by atoms with E-state index in [-0.39, 0.29) is 62.3 Å². The molecule has 6 rings (SSSR count). The normalized spacial score (nSPS) is 21.4. The van der Waals surface area contributed by atoms with Gasteiger partial charge in [0.15, 0.2) is 0 Å². The Hall–Kier alpha value is -6.67. The molecule has 3 aromatic rings. The van der Waals surface area contributed by atoms with Gasteiger partial charge >= 0.3 is 17.9 Å². The first kappa shape index (κ1) is 52.7. The number of likely N-dealkylation sites (tertiary alicyclic amines) is 1. The fraction of sp³-hybridized carbons (Fsp3) is 0.521. The lowest BCUT2D eigenvalue weighted by Crippen LogP contribution is -2.56. The minimum atomic E-state index is -3.18. The van der Waals surface area contributed by atoms with Crippen LogP contribution in [0.5, 0.6) is 0 Å². The molecule has 0 bridgehead atoms. The number of hydrogen-bond donors (Lipinski definition) is 8. The second-order valence-corrected chi connectivity index (χ2v) is 18.2. The van der Waals surface area contributed by atoms with Gasteiger partial charge in [-0.25, -0.2) is 8.78 Å². The van der Waals surface area contributed by atoms with Crippen LogP contribution in [0.1, 0.15) is 93.5 Å². The van der Waals surface area contributed by atoms with E-state index in [0.29, 0.717) is 60.7 Å². The number of carbonyl (C=O) groups is 7. The molecule has 2 aliphatic carbocycles. The molecule has 1 saturated heterocycles. The van der Waals surface area contributed by atoms with E-state index < -0.39 is 86.6 Å². The highest BCUT2D eigenvalue weighted by Gasteiger charge is 2.47. The van der Waals surface area contributed by atoms with Gasteiger partial charge in [0.25, 0.3) is 5.92 Å². The summed E-state index contributed by atoms with van der Waals surface area (Å²) in [4.78, 5) is 95.0. The monoisotopic (exact) mass is 975 g/mol. The number of nitrogens with one attached hydrogen (secondary N) is 4. The lowest BCUT2D eigenvalue weighted by molar-refractivity contribution is -0.146. The number of nitrogens with zero attached hydrogens (tertiary/aromatic N) is 5. The number of carboxylic acids is 3. The molecule has 3 fully saturated rings. The number of nitriles is 1. The van der Waals surface area contributed by atoms with E-state index in [1.54, 1.807) is 41.3 Å². The van der Waals surface area contributed by atoms with Gasteiger partial charge in [0.1, 0.15) is 12.3 Å². The Morgan fingerprint density at radius 3 is 1.96 bits per heavy atom. The number of hydrogen-bond acceptors (Lipinski definition) is 13. The van der Waals surface area contributed by atoms with Gasteiger partial charge in [0.05, 0.1) is 56.4 Å². The first-order chi connectivity index (χ1) is 33.4. The Balaban J connectivity index is 0.918. The lowest BCUT2D eigenvalue weighted by Gasteiger charge is -2.44. The number of carboxylic acid groups (broad SMARTS) is 3. The average molecular weight is 976 g/mol. The molecule has 1 aliphatic heterocycles. The quantitative estimate of drug-likeness (QED) is 0.0672. The van der Waals surface area contributed by atoms with Crippen LogP contribution >= 0.6 is 0 Å². The van der Waals surface area contributed by atoms with Crippen molar-refractivity contribution >= 4 is 58.1 Å². The van der Waals surface area contributed by atoms with E-state index in [9.17, 15) is 68.0 Å². The van der Waals surface area contributed by atoms with Gasteiger partial charge in [-0.3, -0.25) is 53.7 Å². The van der Waals surface area contributed by atoms with Crippen LogP contribution in [0.3, 0.4) is 0 Å². The summed E-state index contributed by atoms with van der Waals surface area (Å²) in [6, 6.07) is 13.0. The SMILES string of the molecule is N#C[C@@H]1CC(F)(F)CN1C(=O)CNC(O)c1ccnc2c(NC(=O)CCC(=O)NC3CCC(NC(=O)Cc4ccc(CN(CC(=O)O)C5CCCCC5N(CC(=O)O)CC(=O)O)cc4)CC3)cccc12. The molecule has 0 radical (unpaired) electrons. The third-order valence-electron chi connectivity index (χ3n) is 13.0. The number of aliphatic hydroxyl groups is 1. The average Bonchev–Trinajstić information content (AvgIpc) is 3.64. The van der Waals surface area contributed by atoms with Crippen molar-refractivity contribution in [2.45, 2.75) is 126 Å². The van der Waals surface area contributed by atoms with E-state index >= 15 is 0 Å². The van der Waals surface area contributed by atoms with Crippen molar-refractivity contribution in [1.82, 2.24) is 35.6 Å². The number of halogens is 2. The lowest BCUT2D eigenvalue weighted by atomic mass is 9.87. The zero-order valence-corrected chi connectivity index (χ0v) is 38.5. The molecule has 1 aromatic heterocycles. The number of para-hydroxylation sites is 1. The van der Waals surface area contributed by atoms with Crippen LogP contribution in [0.25, 0.3) is 10.9 Å². The topological polar surface area (TPSA) is 295 Å². The summed E-state index contributed by atoms with van der Waals surface area (Å²) < 4.78 is 27.7. The zero-order valence-electron chi connectivity index (χ0n) is 38.5. The number of aromatic nitrogens is 1. The molecular weight excluding hydrogens is 917 g/mol. The molecule has 376 valence electrons. The van der Waals surface area contributed by atoms with E-state index in [1.807, 2.05) is 12.1 Å². The number of alkyl halides is 2. The van der Waals surface area contributed by atoms with Crippen LogP contribution in [0, 0.1) is 11.3 Å². The number of anilines is 1. The maximum atomic E-state index is 13.8. The smallest absolute Gasteiger partial charge is 0.317 e. The Morgan fingerprint density at radius 2 is 1.34 bits per heavy atom. The van der Waals surface area contributed by atoms with E-state index in [0.717, 1.165) is 28.9 Å². The predicted octanol–water partition coefficient (Wildman–Crippen LogP) is 2.75. The molecule has 2 heterocycles. The molecule has 70 heavy (non-hydrogen) atoms. The van der Waals surface area contributed by atoms with Crippen LogP contribution in [-0.2, 0) is 46.5 Å². The van der Waals surface area contributed by atoms with Crippen molar-refractivity contribution in [2.75, 3.05) is 38.0 Å². The van der Waals surface area contributed by atoms with Crippen molar-refractivity contribution in [2.24, 2.45) is 0 Å². The third-order valence-corrected chi connectivity index (χ3v) is 13.0. The molecule has 2 aromatic carbocycles. The number of benzene rings is 2. The Kier molecular flexibility index (Phi) is 18.3. The first-order valence-corrected chi connectivity index (χ1v) is 23.3. The molecule has 2 saturated carbocycles. The molecule has 20 nitrogen and oxygen atoms in total. The summed E-state index contributed by atoms with van der Waals surface area (Å²) >= 11 is 0. The van der Waals surface area contributed by atoms with Crippen molar-refractivity contribution in [3.63, 3.8) is 0 Å². The van der Waals surface area contributed by atoms with Crippen LogP contribution < -0.4 is 21.3 Å². The number of fused-ring (bicyclic) bond motifs is 1.